The van der Waals surface area contributed by atoms with Crippen molar-refractivity contribution in [2.75, 3.05) is 18.0 Å². The van der Waals surface area contributed by atoms with Crippen LogP contribution in [0.15, 0.2) is 42.5 Å². The minimum absolute atomic E-state index is 0.136. The summed E-state index contributed by atoms with van der Waals surface area (Å²) in [5.41, 5.74) is 1.77. The van der Waals surface area contributed by atoms with Crippen LogP contribution < -0.4 is 10.2 Å². The standard InChI is InChI=1S/C23H25F3N2O2/c1-14-12-28(13-15(2)30-14)19-6-4-5-17(9-19)16(3)27-23(29)8-7-18-10-21(25)22(26)11-20(18)24/h4-11,14-16H,12-13H2,1-3H3,(H,27,29)/b8-7+. The van der Waals surface area contributed by atoms with Crippen LogP contribution in [0.25, 0.3) is 6.08 Å². The molecule has 1 aliphatic rings. The van der Waals surface area contributed by atoms with Gasteiger partial charge in [0.25, 0.3) is 0 Å². The second-order valence-electron chi connectivity index (χ2n) is 7.61. The van der Waals surface area contributed by atoms with Gasteiger partial charge in [0.2, 0.25) is 5.91 Å². The Kier molecular flexibility index (Phi) is 6.82. The van der Waals surface area contributed by atoms with Crippen molar-refractivity contribution in [3.8, 4) is 0 Å². The molecular weight excluding hydrogens is 393 g/mol. The van der Waals surface area contributed by atoms with Gasteiger partial charge in [-0.3, -0.25) is 4.79 Å². The zero-order valence-electron chi connectivity index (χ0n) is 17.2. The number of halogens is 3. The lowest BCUT2D eigenvalue weighted by molar-refractivity contribution is -0.117. The van der Waals surface area contributed by atoms with Crippen LogP contribution in [0.1, 0.15) is 37.9 Å². The third kappa shape index (κ3) is 5.42. The van der Waals surface area contributed by atoms with Crippen molar-refractivity contribution in [3.63, 3.8) is 0 Å². The first-order valence-corrected chi connectivity index (χ1v) is 9.86. The van der Waals surface area contributed by atoms with Crippen molar-refractivity contribution in [2.45, 2.75) is 39.0 Å². The Hall–Kier alpha value is -2.80. The number of hydrogen-bond donors (Lipinski definition) is 1. The molecule has 0 radical (unpaired) electrons. The molecule has 1 saturated heterocycles. The molecule has 3 atom stereocenters. The van der Waals surface area contributed by atoms with Gasteiger partial charge in [0.1, 0.15) is 5.82 Å². The minimum atomic E-state index is -1.27. The average Bonchev–Trinajstić information content (AvgIpc) is 2.69. The molecule has 1 heterocycles. The number of amides is 1. The Morgan fingerprint density at radius 1 is 1.10 bits per heavy atom. The van der Waals surface area contributed by atoms with E-state index in [4.69, 9.17) is 4.74 Å². The molecule has 0 spiro atoms. The van der Waals surface area contributed by atoms with Crippen molar-refractivity contribution >= 4 is 17.7 Å². The van der Waals surface area contributed by atoms with Gasteiger partial charge in [0.05, 0.1) is 18.2 Å². The number of carbonyl (C=O) groups excluding carboxylic acids is 1. The summed E-state index contributed by atoms with van der Waals surface area (Å²) in [4.78, 5) is 14.5. The average molecular weight is 418 g/mol. The molecule has 1 N–H and O–H groups in total. The zero-order chi connectivity index (χ0) is 21.8. The van der Waals surface area contributed by atoms with E-state index >= 15 is 0 Å². The lowest BCUT2D eigenvalue weighted by Gasteiger charge is -2.37. The molecule has 4 nitrogen and oxygen atoms in total. The molecule has 0 aliphatic carbocycles. The maximum Gasteiger partial charge on any atom is 0.244 e. The summed E-state index contributed by atoms with van der Waals surface area (Å²) in [6.07, 6.45) is 2.49. The number of benzene rings is 2. The topological polar surface area (TPSA) is 41.6 Å². The van der Waals surface area contributed by atoms with E-state index in [9.17, 15) is 18.0 Å². The van der Waals surface area contributed by atoms with Crippen LogP contribution in [0, 0.1) is 17.5 Å². The largest absolute Gasteiger partial charge is 0.372 e. The quantitative estimate of drug-likeness (QED) is 0.570. The van der Waals surface area contributed by atoms with Crippen LogP contribution in [0.4, 0.5) is 18.9 Å². The van der Waals surface area contributed by atoms with Crippen LogP contribution >= 0.6 is 0 Å². The van der Waals surface area contributed by atoms with Crippen LogP contribution in [-0.4, -0.2) is 31.2 Å². The van der Waals surface area contributed by atoms with Crippen LogP contribution in [0.5, 0.6) is 0 Å². The van der Waals surface area contributed by atoms with Gasteiger partial charge < -0.3 is 15.0 Å². The predicted octanol–water partition coefficient (Wildman–Crippen LogP) is 4.61. The normalized spacial score (nSPS) is 20.4. The van der Waals surface area contributed by atoms with Gasteiger partial charge in [-0.05, 0) is 50.6 Å². The molecule has 1 aliphatic heterocycles. The van der Waals surface area contributed by atoms with E-state index in [0.717, 1.165) is 36.5 Å². The van der Waals surface area contributed by atoms with E-state index in [1.807, 2.05) is 45.0 Å². The number of nitrogens with one attached hydrogen (secondary N) is 1. The van der Waals surface area contributed by atoms with Gasteiger partial charge in [-0.25, -0.2) is 13.2 Å². The highest BCUT2D eigenvalue weighted by Gasteiger charge is 2.22. The van der Waals surface area contributed by atoms with E-state index in [1.165, 1.54) is 0 Å². The molecule has 7 heteroatoms. The van der Waals surface area contributed by atoms with Crippen molar-refractivity contribution < 1.29 is 22.7 Å². The molecule has 30 heavy (non-hydrogen) atoms. The Bertz CT molecular complexity index is 938. The maximum absolute atomic E-state index is 13.7. The fourth-order valence-electron chi connectivity index (χ4n) is 3.56. The Labute approximate surface area is 174 Å². The first-order valence-electron chi connectivity index (χ1n) is 9.86. The summed E-state index contributed by atoms with van der Waals surface area (Å²) in [5, 5.41) is 2.80. The summed E-state index contributed by atoms with van der Waals surface area (Å²) in [5.74, 6) is -3.85. The molecular formula is C23H25F3N2O2. The van der Waals surface area contributed by atoms with Gasteiger partial charge in [-0.15, -0.1) is 0 Å². The van der Waals surface area contributed by atoms with E-state index in [2.05, 4.69) is 10.2 Å². The first-order chi connectivity index (χ1) is 14.2. The molecule has 0 bridgehead atoms. The van der Waals surface area contributed by atoms with Crippen molar-refractivity contribution in [2.24, 2.45) is 0 Å². The molecule has 1 amide bonds. The summed E-state index contributed by atoms with van der Waals surface area (Å²) >= 11 is 0. The van der Waals surface area contributed by atoms with E-state index in [0.29, 0.717) is 12.1 Å². The molecule has 2 aromatic rings. The SMILES string of the molecule is CC1CN(c2cccc(C(C)NC(=O)/C=C/c3cc(F)c(F)cc3F)c2)CC(C)O1. The molecule has 3 rings (SSSR count). The van der Waals surface area contributed by atoms with Gasteiger partial charge in [-0.2, -0.15) is 0 Å². The van der Waals surface area contributed by atoms with Gasteiger partial charge in [0.15, 0.2) is 11.6 Å². The van der Waals surface area contributed by atoms with E-state index in [-0.39, 0.29) is 23.8 Å². The maximum atomic E-state index is 13.7. The predicted molar refractivity (Wildman–Crippen MR) is 111 cm³/mol. The smallest absolute Gasteiger partial charge is 0.244 e. The number of ether oxygens (including phenoxy) is 1. The number of hydrogen-bond acceptors (Lipinski definition) is 3. The molecule has 160 valence electrons. The first kappa shape index (κ1) is 21.9. The lowest BCUT2D eigenvalue weighted by atomic mass is 10.1. The lowest BCUT2D eigenvalue weighted by Crippen LogP contribution is -2.45. The summed E-state index contributed by atoms with van der Waals surface area (Å²) in [6.45, 7) is 7.50. The third-order valence-corrected chi connectivity index (χ3v) is 4.97. The highest BCUT2D eigenvalue weighted by atomic mass is 19.2. The zero-order valence-corrected chi connectivity index (χ0v) is 17.2. The second kappa shape index (κ2) is 9.34. The monoisotopic (exact) mass is 418 g/mol. The van der Waals surface area contributed by atoms with Gasteiger partial charge >= 0.3 is 0 Å². The van der Waals surface area contributed by atoms with Crippen molar-refractivity contribution in [1.82, 2.24) is 5.32 Å². The highest BCUT2D eigenvalue weighted by Crippen LogP contribution is 2.24. The fourth-order valence-corrected chi connectivity index (χ4v) is 3.56. The second-order valence-corrected chi connectivity index (χ2v) is 7.61. The molecule has 0 aromatic heterocycles. The Morgan fingerprint density at radius 2 is 1.77 bits per heavy atom. The van der Waals surface area contributed by atoms with Crippen LogP contribution in [-0.2, 0) is 9.53 Å². The Balaban J connectivity index is 1.66. The van der Waals surface area contributed by atoms with Crippen LogP contribution in [0.3, 0.4) is 0 Å². The Morgan fingerprint density at radius 3 is 2.47 bits per heavy atom. The summed E-state index contributed by atoms with van der Waals surface area (Å²) < 4.78 is 45.7. The van der Waals surface area contributed by atoms with Crippen LogP contribution in [0.2, 0.25) is 0 Å². The molecule has 3 unspecified atom stereocenters. The summed E-state index contributed by atoms with van der Waals surface area (Å²) in [7, 11) is 0. The van der Waals surface area contributed by atoms with Crippen molar-refractivity contribution in [3.05, 3.63) is 71.1 Å². The fraction of sp³-hybridized carbons (Fsp3) is 0.348. The number of carbonyl (C=O) groups is 1. The molecule has 1 fully saturated rings. The number of anilines is 1. The number of nitrogens with zero attached hydrogens (tertiary/aromatic N) is 1. The van der Waals surface area contributed by atoms with E-state index in [1.54, 1.807) is 0 Å². The molecule has 2 aromatic carbocycles. The van der Waals surface area contributed by atoms with Gasteiger partial charge in [0, 0.05) is 36.5 Å². The molecule has 0 saturated carbocycles. The third-order valence-electron chi connectivity index (χ3n) is 4.97. The van der Waals surface area contributed by atoms with Crippen molar-refractivity contribution in [1.29, 1.82) is 0 Å². The number of rotatable bonds is 5. The highest BCUT2D eigenvalue weighted by molar-refractivity contribution is 5.92. The van der Waals surface area contributed by atoms with Gasteiger partial charge in [-0.1, -0.05) is 12.1 Å². The number of morpholine rings is 1. The summed E-state index contributed by atoms with van der Waals surface area (Å²) in [6, 6.07) is 8.77. The minimum Gasteiger partial charge on any atom is -0.372 e. The van der Waals surface area contributed by atoms with E-state index < -0.39 is 23.4 Å².